The molecule has 2 aromatic rings. The van der Waals surface area contributed by atoms with Crippen molar-refractivity contribution >= 4 is 0 Å². The first-order chi connectivity index (χ1) is 9.22. The summed E-state index contributed by atoms with van der Waals surface area (Å²) in [6.07, 6.45) is 2.73. The minimum atomic E-state index is 0.707. The van der Waals surface area contributed by atoms with E-state index in [2.05, 4.69) is 16.4 Å². The molecule has 0 saturated heterocycles. The monoisotopic (exact) mass is 254 g/mol. The highest BCUT2D eigenvalue weighted by atomic mass is 15.0. The Balaban J connectivity index is 1.85. The summed E-state index contributed by atoms with van der Waals surface area (Å²) in [7, 11) is 1.92. The van der Waals surface area contributed by atoms with E-state index in [9.17, 15) is 0 Å². The van der Waals surface area contributed by atoms with Crippen molar-refractivity contribution < 1.29 is 0 Å². The molecule has 0 amide bonds. The molecule has 2 heterocycles. The molecular weight excluding hydrogens is 236 g/mol. The number of pyridine rings is 1. The van der Waals surface area contributed by atoms with Crippen molar-refractivity contribution in [2.24, 2.45) is 7.05 Å². The summed E-state index contributed by atoms with van der Waals surface area (Å²) in [5.41, 5.74) is 4.12. The zero-order valence-electron chi connectivity index (χ0n) is 11.3. The van der Waals surface area contributed by atoms with Gasteiger partial charge >= 0.3 is 0 Å². The average Bonchev–Trinajstić information content (AvgIpc) is 2.72. The van der Waals surface area contributed by atoms with Gasteiger partial charge in [0.25, 0.3) is 0 Å². The van der Waals surface area contributed by atoms with E-state index in [0.717, 1.165) is 30.9 Å². The molecule has 98 valence electrons. The Morgan fingerprint density at radius 2 is 2.26 bits per heavy atom. The van der Waals surface area contributed by atoms with Crippen LogP contribution in [0.25, 0.3) is 0 Å². The molecule has 0 unspecified atom stereocenters. The molecule has 4 nitrogen and oxygen atoms in total. The molecule has 0 fully saturated rings. The molecule has 0 aromatic carbocycles. The van der Waals surface area contributed by atoms with Crippen molar-refractivity contribution in [2.45, 2.75) is 19.9 Å². The second-order valence-electron chi connectivity index (χ2n) is 4.56. The fourth-order valence-corrected chi connectivity index (χ4v) is 2.03. The minimum Gasteiger partial charge on any atom is -0.340 e. The van der Waals surface area contributed by atoms with Crippen LogP contribution in [0.5, 0.6) is 0 Å². The molecule has 0 aliphatic carbocycles. The van der Waals surface area contributed by atoms with E-state index in [1.165, 1.54) is 5.56 Å². The smallest absolute Gasteiger partial charge is 0.120 e. The van der Waals surface area contributed by atoms with Gasteiger partial charge in [-0.05, 0) is 30.7 Å². The molecule has 19 heavy (non-hydrogen) atoms. The highest BCUT2D eigenvalue weighted by Crippen LogP contribution is 2.12. The van der Waals surface area contributed by atoms with Crippen LogP contribution >= 0.6 is 0 Å². The van der Waals surface area contributed by atoms with Gasteiger partial charge in [0.15, 0.2) is 0 Å². The van der Waals surface area contributed by atoms with Crippen LogP contribution in [0.4, 0.5) is 0 Å². The summed E-state index contributed by atoms with van der Waals surface area (Å²) >= 11 is 0. The minimum absolute atomic E-state index is 0.707. The first-order valence-electron chi connectivity index (χ1n) is 6.38. The van der Waals surface area contributed by atoms with Gasteiger partial charge in [0.1, 0.15) is 11.8 Å². The first kappa shape index (κ1) is 13.3. The van der Waals surface area contributed by atoms with Crippen LogP contribution in [-0.4, -0.2) is 16.1 Å². The number of aromatic nitrogens is 2. The summed E-state index contributed by atoms with van der Waals surface area (Å²) in [5, 5.41) is 12.4. The van der Waals surface area contributed by atoms with Crippen molar-refractivity contribution in [3.05, 3.63) is 53.1 Å². The fourth-order valence-electron chi connectivity index (χ4n) is 2.03. The maximum absolute atomic E-state index is 8.98. The van der Waals surface area contributed by atoms with Crippen LogP contribution < -0.4 is 5.32 Å². The van der Waals surface area contributed by atoms with Gasteiger partial charge in [-0.15, -0.1) is 0 Å². The molecule has 0 aliphatic heterocycles. The molecular formula is C15H18N4. The third kappa shape index (κ3) is 3.21. The SMILES string of the molecule is Cc1c(CNCCc2ccccn2)cc(C#N)n1C. The number of rotatable bonds is 5. The lowest BCUT2D eigenvalue weighted by atomic mass is 10.2. The Morgan fingerprint density at radius 3 is 2.89 bits per heavy atom. The van der Waals surface area contributed by atoms with Gasteiger partial charge in [-0.2, -0.15) is 5.26 Å². The predicted octanol–water partition coefficient (Wildman–Crippen LogP) is 1.93. The largest absolute Gasteiger partial charge is 0.340 e. The second-order valence-corrected chi connectivity index (χ2v) is 4.56. The van der Waals surface area contributed by atoms with Crippen LogP contribution in [0.1, 0.15) is 22.6 Å². The second kappa shape index (κ2) is 6.17. The number of hydrogen-bond acceptors (Lipinski definition) is 3. The molecule has 0 saturated carbocycles. The number of nitriles is 1. The third-order valence-electron chi connectivity index (χ3n) is 3.35. The van der Waals surface area contributed by atoms with Crippen molar-refractivity contribution in [2.75, 3.05) is 6.54 Å². The summed E-state index contributed by atoms with van der Waals surface area (Å²) in [6.45, 7) is 3.71. The van der Waals surface area contributed by atoms with Crippen LogP contribution in [-0.2, 0) is 20.0 Å². The van der Waals surface area contributed by atoms with Gasteiger partial charge in [-0.1, -0.05) is 6.07 Å². The lowest BCUT2D eigenvalue weighted by Gasteiger charge is -2.05. The molecule has 0 bridgehead atoms. The van der Waals surface area contributed by atoms with Crippen molar-refractivity contribution in [3.8, 4) is 6.07 Å². The standard InChI is InChI=1S/C15H18N4/c1-12-13(9-15(10-16)19(12)2)11-17-8-6-14-5-3-4-7-18-14/h3-5,7,9,17H,6,8,11H2,1-2H3. The Labute approximate surface area is 113 Å². The summed E-state index contributed by atoms with van der Waals surface area (Å²) in [6, 6.07) is 10.1. The molecule has 0 radical (unpaired) electrons. The fraction of sp³-hybridized carbons (Fsp3) is 0.333. The average molecular weight is 254 g/mol. The lowest BCUT2D eigenvalue weighted by molar-refractivity contribution is 0.675. The molecule has 4 heteroatoms. The van der Waals surface area contributed by atoms with Crippen molar-refractivity contribution in [3.63, 3.8) is 0 Å². The molecule has 1 N–H and O–H groups in total. The zero-order valence-corrected chi connectivity index (χ0v) is 11.3. The van der Waals surface area contributed by atoms with E-state index in [1.54, 1.807) is 0 Å². The van der Waals surface area contributed by atoms with Gasteiger partial charge in [0.05, 0.1) is 0 Å². The summed E-state index contributed by atoms with van der Waals surface area (Å²) in [4.78, 5) is 4.29. The quantitative estimate of drug-likeness (QED) is 0.830. The normalized spacial score (nSPS) is 10.4. The van der Waals surface area contributed by atoms with Gasteiger partial charge in [-0.25, -0.2) is 0 Å². The molecule has 2 aromatic heterocycles. The Hall–Kier alpha value is -2.12. The van der Waals surface area contributed by atoms with Gasteiger partial charge in [-0.3, -0.25) is 4.98 Å². The Bertz CT molecular complexity index is 578. The van der Waals surface area contributed by atoms with E-state index in [0.29, 0.717) is 5.69 Å². The van der Waals surface area contributed by atoms with Crippen LogP contribution in [0.3, 0.4) is 0 Å². The highest BCUT2D eigenvalue weighted by molar-refractivity contribution is 5.34. The molecule has 0 atom stereocenters. The maximum atomic E-state index is 8.98. The zero-order chi connectivity index (χ0) is 13.7. The maximum Gasteiger partial charge on any atom is 0.120 e. The van der Waals surface area contributed by atoms with Crippen molar-refractivity contribution in [1.82, 2.24) is 14.9 Å². The lowest BCUT2D eigenvalue weighted by Crippen LogP contribution is -2.17. The molecule has 2 rings (SSSR count). The Morgan fingerprint density at radius 1 is 1.42 bits per heavy atom. The van der Waals surface area contributed by atoms with E-state index >= 15 is 0 Å². The summed E-state index contributed by atoms with van der Waals surface area (Å²) < 4.78 is 1.93. The first-order valence-corrected chi connectivity index (χ1v) is 6.38. The van der Waals surface area contributed by atoms with Gasteiger partial charge in [0, 0.05) is 44.1 Å². The number of nitrogens with zero attached hydrogens (tertiary/aromatic N) is 3. The highest BCUT2D eigenvalue weighted by Gasteiger charge is 2.07. The van der Waals surface area contributed by atoms with Gasteiger partial charge in [0.2, 0.25) is 0 Å². The van der Waals surface area contributed by atoms with Gasteiger partial charge < -0.3 is 9.88 Å². The Kier molecular flexibility index (Phi) is 4.32. The van der Waals surface area contributed by atoms with Crippen LogP contribution in [0, 0.1) is 18.3 Å². The van der Waals surface area contributed by atoms with Crippen LogP contribution in [0.15, 0.2) is 30.5 Å². The number of nitrogens with one attached hydrogen (secondary N) is 1. The van der Waals surface area contributed by atoms with E-state index in [-0.39, 0.29) is 0 Å². The number of hydrogen-bond donors (Lipinski definition) is 1. The molecule has 0 spiro atoms. The summed E-state index contributed by atoms with van der Waals surface area (Å²) in [5.74, 6) is 0. The topological polar surface area (TPSA) is 53.6 Å². The van der Waals surface area contributed by atoms with Crippen molar-refractivity contribution in [1.29, 1.82) is 5.26 Å². The van der Waals surface area contributed by atoms with E-state index in [1.807, 2.05) is 49.0 Å². The van der Waals surface area contributed by atoms with Crippen LogP contribution in [0.2, 0.25) is 0 Å². The van der Waals surface area contributed by atoms with E-state index in [4.69, 9.17) is 5.26 Å². The van der Waals surface area contributed by atoms with E-state index < -0.39 is 0 Å². The molecule has 0 aliphatic rings. The third-order valence-corrected chi connectivity index (χ3v) is 3.35. The predicted molar refractivity (Wildman–Crippen MR) is 74.5 cm³/mol.